The van der Waals surface area contributed by atoms with Crippen molar-refractivity contribution in [1.82, 2.24) is 15.3 Å². The molecule has 0 spiro atoms. The van der Waals surface area contributed by atoms with Gasteiger partial charge in [0.1, 0.15) is 17.3 Å². The van der Waals surface area contributed by atoms with E-state index in [2.05, 4.69) is 49.8 Å². The summed E-state index contributed by atoms with van der Waals surface area (Å²) in [7, 11) is 0. The Morgan fingerprint density at radius 1 is 0.966 bits per heavy atom. The molecule has 0 bridgehead atoms. The standard InChI is InChI=1S/C23H31N5O/c1-17-24-21(23(29)27-18-8-4-2-5-9-18)16-22(25-17)26-19-10-12-20(13-11-19)28-14-6-3-7-15-28/h10-13,16,18H,2-9,14-15H2,1H3,(H,27,29)(H,24,25,26). The molecule has 2 N–H and O–H groups in total. The average molecular weight is 394 g/mol. The van der Waals surface area contributed by atoms with Crippen LogP contribution in [-0.4, -0.2) is 35.0 Å². The number of carbonyl (C=O) groups excluding carboxylic acids is 1. The van der Waals surface area contributed by atoms with Crippen molar-refractivity contribution in [3.05, 3.63) is 41.9 Å². The van der Waals surface area contributed by atoms with Crippen LogP contribution in [0.15, 0.2) is 30.3 Å². The van der Waals surface area contributed by atoms with E-state index in [1.54, 1.807) is 6.07 Å². The number of nitrogens with one attached hydrogen (secondary N) is 2. The van der Waals surface area contributed by atoms with Crippen molar-refractivity contribution in [2.75, 3.05) is 23.3 Å². The molecule has 2 aliphatic rings. The van der Waals surface area contributed by atoms with Crippen molar-refractivity contribution in [2.45, 2.75) is 64.3 Å². The van der Waals surface area contributed by atoms with Gasteiger partial charge in [-0.05, 0) is 63.3 Å². The lowest BCUT2D eigenvalue weighted by Gasteiger charge is -2.28. The number of rotatable bonds is 5. The fourth-order valence-corrected chi connectivity index (χ4v) is 4.31. The number of carbonyl (C=O) groups is 1. The predicted octanol–water partition coefficient (Wildman–Crippen LogP) is 4.58. The Labute approximate surface area is 173 Å². The molecule has 1 aromatic carbocycles. The fraction of sp³-hybridized carbons (Fsp3) is 0.522. The smallest absolute Gasteiger partial charge is 0.270 e. The molecule has 1 aromatic heterocycles. The maximum Gasteiger partial charge on any atom is 0.270 e. The lowest BCUT2D eigenvalue weighted by Crippen LogP contribution is -2.36. The van der Waals surface area contributed by atoms with E-state index in [-0.39, 0.29) is 11.9 Å². The first-order valence-electron chi connectivity index (χ1n) is 11.0. The summed E-state index contributed by atoms with van der Waals surface area (Å²) in [6.45, 7) is 4.09. The average Bonchev–Trinajstić information content (AvgIpc) is 2.75. The van der Waals surface area contributed by atoms with Gasteiger partial charge in [-0.1, -0.05) is 19.3 Å². The number of aromatic nitrogens is 2. The Balaban J connectivity index is 1.42. The van der Waals surface area contributed by atoms with Crippen LogP contribution >= 0.6 is 0 Å². The minimum Gasteiger partial charge on any atom is -0.372 e. The Bertz CT molecular complexity index is 824. The molecule has 29 heavy (non-hydrogen) atoms. The third-order valence-corrected chi connectivity index (χ3v) is 5.87. The van der Waals surface area contributed by atoms with Crippen molar-refractivity contribution in [1.29, 1.82) is 0 Å². The van der Waals surface area contributed by atoms with Crippen LogP contribution in [0.25, 0.3) is 0 Å². The SMILES string of the molecule is Cc1nc(Nc2ccc(N3CCCCC3)cc2)cc(C(=O)NC2CCCCC2)n1. The van der Waals surface area contributed by atoms with Gasteiger partial charge in [0.2, 0.25) is 0 Å². The number of aryl methyl sites for hydroxylation is 1. The molecule has 6 nitrogen and oxygen atoms in total. The fourth-order valence-electron chi connectivity index (χ4n) is 4.31. The molecule has 2 heterocycles. The first-order valence-corrected chi connectivity index (χ1v) is 11.0. The van der Waals surface area contributed by atoms with Crippen molar-refractivity contribution in [3.8, 4) is 0 Å². The molecule has 0 unspecified atom stereocenters. The maximum atomic E-state index is 12.7. The highest BCUT2D eigenvalue weighted by atomic mass is 16.1. The first-order chi connectivity index (χ1) is 14.2. The minimum absolute atomic E-state index is 0.106. The summed E-state index contributed by atoms with van der Waals surface area (Å²) in [5.41, 5.74) is 2.65. The number of piperidine rings is 1. The molecule has 6 heteroatoms. The highest BCUT2D eigenvalue weighted by molar-refractivity contribution is 5.93. The van der Waals surface area contributed by atoms with Crippen LogP contribution in [0.5, 0.6) is 0 Å². The van der Waals surface area contributed by atoms with Crippen LogP contribution in [-0.2, 0) is 0 Å². The number of hydrogen-bond acceptors (Lipinski definition) is 5. The summed E-state index contributed by atoms with van der Waals surface area (Å²) in [5, 5.41) is 6.46. The molecule has 1 aliphatic carbocycles. The molecule has 0 atom stereocenters. The van der Waals surface area contributed by atoms with E-state index < -0.39 is 0 Å². The second-order valence-electron chi connectivity index (χ2n) is 8.21. The normalized spacial score (nSPS) is 17.8. The second-order valence-corrected chi connectivity index (χ2v) is 8.21. The summed E-state index contributed by atoms with van der Waals surface area (Å²) >= 11 is 0. The molecule has 1 saturated carbocycles. The number of anilines is 3. The lowest BCUT2D eigenvalue weighted by atomic mass is 9.95. The van der Waals surface area contributed by atoms with Gasteiger partial charge in [-0.25, -0.2) is 9.97 Å². The van der Waals surface area contributed by atoms with Crippen molar-refractivity contribution < 1.29 is 4.79 Å². The topological polar surface area (TPSA) is 70.2 Å². The van der Waals surface area contributed by atoms with E-state index in [9.17, 15) is 4.79 Å². The van der Waals surface area contributed by atoms with E-state index in [4.69, 9.17) is 0 Å². The summed E-state index contributed by atoms with van der Waals surface area (Å²) in [6, 6.07) is 10.5. The van der Waals surface area contributed by atoms with Crippen LogP contribution in [0.3, 0.4) is 0 Å². The molecular formula is C23H31N5O. The number of nitrogens with zero attached hydrogens (tertiary/aromatic N) is 3. The largest absolute Gasteiger partial charge is 0.372 e. The highest BCUT2D eigenvalue weighted by Crippen LogP contribution is 2.24. The van der Waals surface area contributed by atoms with Gasteiger partial charge >= 0.3 is 0 Å². The van der Waals surface area contributed by atoms with Crippen molar-refractivity contribution >= 4 is 23.1 Å². The van der Waals surface area contributed by atoms with Gasteiger partial charge in [0.15, 0.2) is 0 Å². The Hall–Kier alpha value is -2.63. The van der Waals surface area contributed by atoms with Crippen LogP contribution in [0.4, 0.5) is 17.2 Å². The molecule has 0 radical (unpaired) electrons. The molecule has 4 rings (SSSR count). The zero-order chi connectivity index (χ0) is 20.1. The summed E-state index contributed by atoms with van der Waals surface area (Å²) in [4.78, 5) is 23.9. The first kappa shape index (κ1) is 19.7. The van der Waals surface area contributed by atoms with E-state index >= 15 is 0 Å². The second kappa shape index (κ2) is 9.25. The van der Waals surface area contributed by atoms with Gasteiger partial charge in [-0.2, -0.15) is 0 Å². The number of amides is 1. The van der Waals surface area contributed by atoms with Crippen LogP contribution in [0, 0.1) is 6.92 Å². The molecule has 2 aromatic rings. The van der Waals surface area contributed by atoms with E-state index in [1.165, 1.54) is 44.2 Å². The summed E-state index contributed by atoms with van der Waals surface area (Å²) < 4.78 is 0. The van der Waals surface area contributed by atoms with Crippen molar-refractivity contribution in [2.24, 2.45) is 0 Å². The molecule has 2 fully saturated rings. The zero-order valence-corrected chi connectivity index (χ0v) is 17.3. The Morgan fingerprint density at radius 2 is 1.66 bits per heavy atom. The van der Waals surface area contributed by atoms with Gasteiger partial charge < -0.3 is 15.5 Å². The third kappa shape index (κ3) is 5.25. The van der Waals surface area contributed by atoms with Gasteiger partial charge in [-0.3, -0.25) is 4.79 Å². The summed E-state index contributed by atoms with van der Waals surface area (Å²) in [5.74, 6) is 1.14. The summed E-state index contributed by atoms with van der Waals surface area (Å²) in [6.07, 6.45) is 9.64. The molecule has 1 saturated heterocycles. The number of hydrogen-bond donors (Lipinski definition) is 2. The molecular weight excluding hydrogens is 362 g/mol. The van der Waals surface area contributed by atoms with Gasteiger partial charge in [-0.15, -0.1) is 0 Å². The lowest BCUT2D eigenvalue weighted by molar-refractivity contribution is 0.0922. The third-order valence-electron chi connectivity index (χ3n) is 5.87. The number of benzene rings is 1. The Kier molecular flexibility index (Phi) is 6.27. The van der Waals surface area contributed by atoms with E-state index in [1.807, 2.05) is 6.92 Å². The van der Waals surface area contributed by atoms with Crippen LogP contribution in [0.2, 0.25) is 0 Å². The highest BCUT2D eigenvalue weighted by Gasteiger charge is 2.18. The maximum absolute atomic E-state index is 12.7. The van der Waals surface area contributed by atoms with Gasteiger partial charge in [0, 0.05) is 36.6 Å². The zero-order valence-electron chi connectivity index (χ0n) is 17.3. The van der Waals surface area contributed by atoms with Gasteiger partial charge in [0.25, 0.3) is 5.91 Å². The van der Waals surface area contributed by atoms with Crippen molar-refractivity contribution in [3.63, 3.8) is 0 Å². The quantitative estimate of drug-likeness (QED) is 0.778. The Morgan fingerprint density at radius 3 is 2.38 bits per heavy atom. The predicted molar refractivity (Wildman–Crippen MR) is 117 cm³/mol. The molecule has 1 amide bonds. The minimum atomic E-state index is -0.106. The van der Waals surface area contributed by atoms with E-state index in [0.29, 0.717) is 17.3 Å². The van der Waals surface area contributed by atoms with Crippen LogP contribution in [0.1, 0.15) is 67.7 Å². The van der Waals surface area contributed by atoms with Crippen LogP contribution < -0.4 is 15.5 Å². The van der Waals surface area contributed by atoms with Gasteiger partial charge in [0.05, 0.1) is 0 Å². The van der Waals surface area contributed by atoms with E-state index in [0.717, 1.165) is 31.6 Å². The molecule has 154 valence electrons. The molecule has 1 aliphatic heterocycles. The monoisotopic (exact) mass is 393 g/mol.